The van der Waals surface area contributed by atoms with Crippen molar-refractivity contribution in [1.82, 2.24) is 5.32 Å². The highest BCUT2D eigenvalue weighted by Crippen LogP contribution is 2.42. The lowest BCUT2D eigenvalue weighted by molar-refractivity contribution is -0.153. The van der Waals surface area contributed by atoms with E-state index in [1.165, 1.54) is 0 Å². The number of piperidine rings is 1. The number of esters is 1. The zero-order valence-corrected chi connectivity index (χ0v) is 16.0. The van der Waals surface area contributed by atoms with Gasteiger partial charge in [-0.25, -0.2) is 0 Å². The van der Waals surface area contributed by atoms with Crippen molar-refractivity contribution in [3.8, 4) is 5.75 Å². The maximum absolute atomic E-state index is 13.2. The lowest BCUT2D eigenvalue weighted by atomic mass is 9.65. The summed E-state index contributed by atoms with van der Waals surface area (Å²) in [5.41, 5.74) is 0.495. The van der Waals surface area contributed by atoms with Gasteiger partial charge in [0.1, 0.15) is 5.75 Å². The summed E-state index contributed by atoms with van der Waals surface area (Å²) in [5.74, 6) is 1.06. The van der Waals surface area contributed by atoms with E-state index in [1.807, 2.05) is 19.1 Å². The highest BCUT2D eigenvalue weighted by atomic mass is 16.5. The molecule has 2 aromatic carbocycles. The van der Waals surface area contributed by atoms with Gasteiger partial charge in [-0.3, -0.25) is 4.79 Å². The Bertz CT molecular complexity index is 767. The number of ether oxygens (including phenoxy) is 2. The van der Waals surface area contributed by atoms with Crippen LogP contribution in [0.5, 0.6) is 5.75 Å². The molecule has 0 spiro atoms. The summed E-state index contributed by atoms with van der Waals surface area (Å²) in [7, 11) is 1.68. The average molecular weight is 355 g/mol. The molecule has 1 unspecified atom stereocenters. The fourth-order valence-corrected chi connectivity index (χ4v) is 4.36. The Balaban J connectivity index is 2.10. The highest BCUT2D eigenvalue weighted by molar-refractivity contribution is 5.89. The van der Waals surface area contributed by atoms with Gasteiger partial charge < -0.3 is 14.8 Å². The topological polar surface area (TPSA) is 47.6 Å². The predicted octanol–water partition coefficient (Wildman–Crippen LogP) is 4.06. The quantitative estimate of drug-likeness (QED) is 0.794. The smallest absolute Gasteiger partial charge is 0.316 e. The molecule has 140 valence electrons. The molecule has 4 nitrogen and oxygen atoms in total. The molecule has 1 heterocycles. The largest absolute Gasteiger partial charge is 0.497 e. The van der Waals surface area contributed by atoms with Crippen molar-refractivity contribution < 1.29 is 14.3 Å². The molecule has 0 radical (unpaired) electrons. The second-order valence-corrected chi connectivity index (χ2v) is 7.00. The lowest BCUT2D eigenvalue weighted by Gasteiger charge is -2.40. The molecular formula is C22H29NO3. The van der Waals surface area contributed by atoms with E-state index in [1.54, 1.807) is 7.11 Å². The van der Waals surface area contributed by atoms with Crippen molar-refractivity contribution in [3.63, 3.8) is 0 Å². The third-order valence-corrected chi connectivity index (χ3v) is 5.80. The molecule has 0 bridgehead atoms. The highest BCUT2D eigenvalue weighted by Gasteiger charge is 2.47. The first-order valence-corrected chi connectivity index (χ1v) is 9.62. The zero-order chi connectivity index (χ0) is 18.6. The van der Waals surface area contributed by atoms with Crippen LogP contribution in [0.1, 0.15) is 38.7 Å². The van der Waals surface area contributed by atoms with Crippen molar-refractivity contribution in [3.05, 3.63) is 42.0 Å². The van der Waals surface area contributed by atoms with Gasteiger partial charge >= 0.3 is 5.97 Å². The van der Waals surface area contributed by atoms with Gasteiger partial charge in [0.15, 0.2) is 0 Å². The number of hydrogen-bond donors (Lipinski definition) is 1. The second kappa shape index (κ2) is 8.09. The summed E-state index contributed by atoms with van der Waals surface area (Å²) in [6, 6.07) is 12.4. The number of hydrogen-bond acceptors (Lipinski definition) is 4. The number of carbonyl (C=O) groups is 1. The first kappa shape index (κ1) is 18.7. The Kier molecular flexibility index (Phi) is 5.82. The fourth-order valence-electron chi connectivity index (χ4n) is 4.36. The molecule has 1 atom stereocenters. The number of benzene rings is 2. The Morgan fingerprint density at radius 1 is 1.12 bits per heavy atom. The van der Waals surface area contributed by atoms with E-state index in [9.17, 15) is 4.79 Å². The second-order valence-electron chi connectivity index (χ2n) is 7.00. The Morgan fingerprint density at radius 2 is 1.81 bits per heavy atom. The third kappa shape index (κ3) is 3.30. The van der Waals surface area contributed by atoms with E-state index in [4.69, 9.17) is 9.47 Å². The van der Waals surface area contributed by atoms with Gasteiger partial charge in [-0.2, -0.15) is 0 Å². The van der Waals surface area contributed by atoms with E-state index in [0.29, 0.717) is 12.5 Å². The summed E-state index contributed by atoms with van der Waals surface area (Å²) < 4.78 is 10.9. The minimum absolute atomic E-state index is 0.0812. The van der Waals surface area contributed by atoms with Crippen LogP contribution < -0.4 is 10.1 Å². The molecule has 4 heteroatoms. The summed E-state index contributed by atoms with van der Waals surface area (Å²) in [6.07, 6.45) is 2.73. The van der Waals surface area contributed by atoms with E-state index in [2.05, 4.69) is 36.5 Å². The summed E-state index contributed by atoms with van der Waals surface area (Å²) in [6.45, 7) is 6.31. The van der Waals surface area contributed by atoms with Crippen molar-refractivity contribution >= 4 is 16.7 Å². The van der Waals surface area contributed by atoms with Crippen LogP contribution in [0.25, 0.3) is 10.8 Å². The predicted molar refractivity (Wildman–Crippen MR) is 105 cm³/mol. The van der Waals surface area contributed by atoms with Crippen molar-refractivity contribution in [2.75, 3.05) is 26.8 Å². The number of fused-ring (bicyclic) bond motifs is 1. The molecule has 1 saturated heterocycles. The van der Waals surface area contributed by atoms with E-state index >= 15 is 0 Å². The molecule has 3 rings (SSSR count). The van der Waals surface area contributed by atoms with Crippen molar-refractivity contribution in [2.45, 2.75) is 38.5 Å². The maximum Gasteiger partial charge on any atom is 0.316 e. The van der Waals surface area contributed by atoms with E-state index in [-0.39, 0.29) is 5.97 Å². The summed E-state index contributed by atoms with van der Waals surface area (Å²) >= 11 is 0. The summed E-state index contributed by atoms with van der Waals surface area (Å²) in [5, 5.41) is 5.65. The van der Waals surface area contributed by atoms with Crippen molar-refractivity contribution in [1.29, 1.82) is 0 Å². The van der Waals surface area contributed by atoms with Crippen LogP contribution in [0.2, 0.25) is 0 Å². The van der Waals surface area contributed by atoms with Gasteiger partial charge in [0.2, 0.25) is 0 Å². The molecule has 1 aliphatic heterocycles. The van der Waals surface area contributed by atoms with Crippen molar-refractivity contribution in [2.24, 2.45) is 5.92 Å². The number of methoxy groups -OCH3 is 1. The zero-order valence-electron chi connectivity index (χ0n) is 16.0. The molecular weight excluding hydrogens is 326 g/mol. The average Bonchev–Trinajstić information content (AvgIpc) is 2.69. The van der Waals surface area contributed by atoms with Gasteiger partial charge in [-0.15, -0.1) is 0 Å². The molecule has 1 aliphatic rings. The first-order valence-electron chi connectivity index (χ1n) is 9.62. The van der Waals surface area contributed by atoms with E-state index < -0.39 is 5.41 Å². The molecule has 2 aromatic rings. The van der Waals surface area contributed by atoms with Gasteiger partial charge in [-0.05, 0) is 79.7 Å². The van der Waals surface area contributed by atoms with Gasteiger partial charge in [0.05, 0.1) is 19.1 Å². The Labute approximate surface area is 155 Å². The van der Waals surface area contributed by atoms with E-state index in [0.717, 1.165) is 54.4 Å². The standard InChI is InChI=1S/C22H29NO3/c1-4-22(21(24)26-5-2,18-10-12-23-13-11-18)19-8-6-17-15-20(25-3)9-7-16(17)14-19/h6-9,14-15,18,23H,4-5,10-13H2,1-3H3. The first-order chi connectivity index (χ1) is 12.7. The monoisotopic (exact) mass is 355 g/mol. The fraction of sp³-hybridized carbons (Fsp3) is 0.500. The number of rotatable bonds is 6. The van der Waals surface area contributed by atoms with Crippen LogP contribution >= 0.6 is 0 Å². The molecule has 1 N–H and O–H groups in total. The molecule has 0 aliphatic carbocycles. The minimum atomic E-state index is -0.577. The van der Waals surface area contributed by atoms with Crippen LogP contribution in [0.15, 0.2) is 36.4 Å². The maximum atomic E-state index is 13.2. The van der Waals surface area contributed by atoms with Crippen LogP contribution in [-0.4, -0.2) is 32.8 Å². The SMILES string of the molecule is CCOC(=O)C(CC)(c1ccc2cc(OC)ccc2c1)C1CCNCC1. The Morgan fingerprint density at radius 3 is 2.46 bits per heavy atom. The molecule has 26 heavy (non-hydrogen) atoms. The number of nitrogens with one attached hydrogen (secondary N) is 1. The minimum Gasteiger partial charge on any atom is -0.497 e. The van der Waals surface area contributed by atoms with Crippen LogP contribution in [-0.2, 0) is 14.9 Å². The van der Waals surface area contributed by atoms with Crippen LogP contribution in [0.4, 0.5) is 0 Å². The molecule has 1 fully saturated rings. The third-order valence-electron chi connectivity index (χ3n) is 5.80. The summed E-state index contributed by atoms with van der Waals surface area (Å²) in [4.78, 5) is 13.2. The van der Waals surface area contributed by atoms with Gasteiger partial charge in [-0.1, -0.05) is 25.1 Å². The van der Waals surface area contributed by atoms with Crippen LogP contribution in [0.3, 0.4) is 0 Å². The van der Waals surface area contributed by atoms with Crippen LogP contribution in [0, 0.1) is 5.92 Å². The molecule has 0 saturated carbocycles. The van der Waals surface area contributed by atoms with Gasteiger partial charge in [0, 0.05) is 0 Å². The number of carbonyl (C=O) groups excluding carboxylic acids is 1. The normalized spacial score (nSPS) is 17.7. The van der Waals surface area contributed by atoms with Gasteiger partial charge in [0.25, 0.3) is 0 Å². The Hall–Kier alpha value is -2.07. The molecule has 0 aromatic heterocycles. The molecule has 0 amide bonds. The lowest BCUT2D eigenvalue weighted by Crippen LogP contribution is -2.47.